The van der Waals surface area contributed by atoms with Crippen LogP contribution in [0.3, 0.4) is 0 Å². The van der Waals surface area contributed by atoms with Crippen LogP contribution in [0.5, 0.6) is 5.75 Å². The van der Waals surface area contributed by atoms with E-state index in [-0.39, 0.29) is 30.8 Å². The van der Waals surface area contributed by atoms with Crippen molar-refractivity contribution in [3.8, 4) is 23.8 Å². The van der Waals surface area contributed by atoms with E-state index in [0.717, 1.165) is 54.7 Å². The standard InChI is InChI=1S/C15H13Cl2N3O2.C14H20ClNO2.C3H8NO5P.C3H9S/c1-2-7-22-13-9-12(10(16)8-11(13)17)20-15(21)19-6-4-3-5-14(19)18-20;1-4-11-7-6-8-12(5-2)14(11)16(10-18-3)13(17)9-15;5-3(6)1-4-2-10(7,8)9;1-4(2)3/h1,8-9H,3-7H2;6-8H,4-5,9-10H2,1-3H3;4H,1-2H2,(H,5,6)(H2,7,8,9);1-3H3/q;;;+1/p-1. The lowest BCUT2D eigenvalue weighted by atomic mass is 10.0. The summed E-state index contributed by atoms with van der Waals surface area (Å²) in [5, 5.41) is 15.0. The average molecular weight is 853 g/mol. The second-order valence-corrected chi connectivity index (χ2v) is 16.9. The number of carboxylic acids is 1. The molecule has 1 aromatic heterocycles. The van der Waals surface area contributed by atoms with Crippen LogP contribution in [-0.4, -0.2) is 94.1 Å². The highest BCUT2D eigenvalue weighted by atomic mass is 35.5. The summed E-state index contributed by atoms with van der Waals surface area (Å²) in [5.74, 6) is 2.17. The summed E-state index contributed by atoms with van der Waals surface area (Å²) in [7, 11) is -2.13. The van der Waals surface area contributed by atoms with Crippen molar-refractivity contribution in [1.29, 1.82) is 0 Å². The zero-order valence-electron chi connectivity index (χ0n) is 31.3. The number of aliphatic carboxylic acids is 1. The minimum atomic E-state index is -4.35. The number of benzene rings is 2. The largest absolute Gasteiger partial charge is 0.778 e. The number of para-hydroxylation sites is 1. The number of ether oxygens (including phenoxy) is 2. The molecule has 1 unspecified atom stereocenters. The van der Waals surface area contributed by atoms with Gasteiger partial charge in [-0.25, -0.2) is 4.79 Å². The molecule has 2 heterocycles. The Labute approximate surface area is 334 Å². The normalized spacial score (nSPS) is 12.6. The number of rotatable bonds is 13. The van der Waals surface area contributed by atoms with E-state index in [9.17, 15) is 23.8 Å². The third kappa shape index (κ3) is 16.8. The van der Waals surface area contributed by atoms with Gasteiger partial charge in [-0.15, -0.1) is 23.1 Å². The summed E-state index contributed by atoms with van der Waals surface area (Å²) in [6, 6.07) is 9.21. The van der Waals surface area contributed by atoms with Gasteiger partial charge in [-0.05, 0) is 53.8 Å². The quantitative estimate of drug-likeness (QED) is 0.0730. The molecule has 0 aliphatic carbocycles. The van der Waals surface area contributed by atoms with Gasteiger partial charge in [0.25, 0.3) is 0 Å². The molecule has 2 aromatic carbocycles. The number of carbonyl (C=O) groups is 2. The zero-order chi connectivity index (χ0) is 41.0. The number of hydrogen-bond acceptors (Lipinski definition) is 9. The third-order valence-corrected chi connectivity index (χ3v) is 8.46. The van der Waals surface area contributed by atoms with Gasteiger partial charge in [0.1, 0.15) is 38.4 Å². The predicted octanol–water partition coefficient (Wildman–Crippen LogP) is 4.33. The van der Waals surface area contributed by atoms with Crippen LogP contribution < -0.4 is 25.5 Å². The summed E-state index contributed by atoms with van der Waals surface area (Å²) < 4.78 is 23.4. The fourth-order valence-electron chi connectivity index (χ4n) is 4.80. The van der Waals surface area contributed by atoms with Crippen LogP contribution in [0.25, 0.3) is 5.69 Å². The molecule has 4 rings (SSSR count). The van der Waals surface area contributed by atoms with Crippen molar-refractivity contribution in [1.82, 2.24) is 19.7 Å². The highest BCUT2D eigenvalue weighted by Crippen LogP contribution is 2.33. The Morgan fingerprint density at radius 2 is 1.76 bits per heavy atom. The Morgan fingerprint density at radius 3 is 2.24 bits per heavy atom. The smallest absolute Gasteiger partial charge is 0.350 e. The van der Waals surface area contributed by atoms with Gasteiger partial charge in [-0.2, -0.15) is 4.68 Å². The molecule has 0 saturated carbocycles. The summed E-state index contributed by atoms with van der Waals surface area (Å²) in [6.45, 7) is 4.67. The number of aryl methyl sites for hydroxylation is 3. The lowest BCUT2D eigenvalue weighted by molar-refractivity contribution is -0.193. The van der Waals surface area contributed by atoms with Gasteiger partial charge < -0.3 is 28.9 Å². The number of fused-ring (bicyclic) bond motifs is 1. The number of amides is 1. The van der Waals surface area contributed by atoms with E-state index in [4.69, 9.17) is 60.7 Å². The number of aromatic nitrogens is 3. The van der Waals surface area contributed by atoms with Gasteiger partial charge in [0.15, 0.2) is 0 Å². The maximum Gasteiger partial charge on any atom is 0.350 e. The number of carbonyl (C=O) groups excluding carboxylic acids is 1. The fourth-order valence-corrected chi connectivity index (χ4v) is 5.85. The summed E-state index contributed by atoms with van der Waals surface area (Å²) in [6.07, 6.45) is 15.6. The minimum absolute atomic E-state index is 0.0371. The second-order valence-electron chi connectivity index (χ2n) is 11.8. The van der Waals surface area contributed by atoms with Crippen LogP contribution in [-0.2, 0) is 55.6 Å². The van der Waals surface area contributed by atoms with Crippen LogP contribution in [0.1, 0.15) is 43.6 Å². The molecule has 0 saturated heterocycles. The zero-order valence-corrected chi connectivity index (χ0v) is 35.3. The lowest BCUT2D eigenvalue weighted by Crippen LogP contribution is -2.35. The van der Waals surface area contributed by atoms with Gasteiger partial charge in [-0.1, -0.05) is 61.2 Å². The number of nitrogens with one attached hydrogen (secondary N) is 1. The molecule has 3 aromatic rings. The first-order valence-electron chi connectivity index (χ1n) is 16.6. The minimum Gasteiger partial charge on any atom is -0.778 e. The van der Waals surface area contributed by atoms with Crippen molar-refractivity contribution in [3.63, 3.8) is 0 Å². The Morgan fingerprint density at radius 1 is 1.15 bits per heavy atom. The highest BCUT2D eigenvalue weighted by Gasteiger charge is 2.21. The molecule has 14 nitrogen and oxygen atoms in total. The molecule has 0 spiro atoms. The van der Waals surface area contributed by atoms with Gasteiger partial charge in [0, 0.05) is 26.1 Å². The average Bonchev–Trinajstić information content (AvgIpc) is 3.44. The summed E-state index contributed by atoms with van der Waals surface area (Å²) in [5.41, 5.74) is 3.47. The second kappa shape index (κ2) is 25.2. The Balaban J connectivity index is 0.000000409. The summed E-state index contributed by atoms with van der Waals surface area (Å²) >= 11 is 18.0. The highest BCUT2D eigenvalue weighted by molar-refractivity contribution is 7.94. The van der Waals surface area contributed by atoms with Crippen molar-refractivity contribution >= 4 is 70.9 Å². The molecule has 0 fully saturated rings. The predicted molar refractivity (Wildman–Crippen MR) is 216 cm³/mol. The van der Waals surface area contributed by atoms with Crippen molar-refractivity contribution in [2.45, 2.75) is 52.5 Å². The van der Waals surface area contributed by atoms with Crippen LogP contribution in [0.15, 0.2) is 35.1 Å². The maximum absolute atomic E-state index is 12.5. The van der Waals surface area contributed by atoms with E-state index < -0.39 is 26.4 Å². The number of hydrogen-bond donors (Lipinski definition) is 3. The molecule has 300 valence electrons. The first kappa shape index (κ1) is 49.0. The fraction of sp³-hybridized carbons (Fsp3) is 0.486. The molecule has 1 atom stereocenters. The Kier molecular flexibility index (Phi) is 22.9. The number of nitrogens with zero attached hydrogens (tertiary/aromatic N) is 4. The van der Waals surface area contributed by atoms with Crippen LogP contribution in [0.2, 0.25) is 10.0 Å². The van der Waals surface area contributed by atoms with Crippen LogP contribution >= 0.6 is 42.4 Å². The lowest BCUT2D eigenvalue weighted by Gasteiger charge is -2.26. The SMILES string of the molecule is C#CCOc1cc(-n2nc3n(c2=O)CCCC3)c(Cl)cc1Cl.CCc1cccc(CC)c1N(COC)C(=O)CCl.C[S+](C)C.O=C(O)CNCP(=O)([O-])O. The molecule has 1 aliphatic heterocycles. The van der Waals surface area contributed by atoms with Crippen molar-refractivity contribution in [2.75, 3.05) is 62.8 Å². The molecule has 1 aliphatic rings. The number of alkyl halides is 1. The molecule has 1 amide bonds. The number of methoxy groups -OCH3 is 1. The third-order valence-electron chi connectivity index (χ3n) is 7.01. The van der Waals surface area contributed by atoms with Gasteiger partial charge >= 0.3 is 11.7 Å². The van der Waals surface area contributed by atoms with E-state index in [0.29, 0.717) is 38.9 Å². The van der Waals surface area contributed by atoms with E-state index in [2.05, 4.69) is 43.6 Å². The van der Waals surface area contributed by atoms with Crippen LogP contribution in [0, 0.1) is 12.3 Å². The molecule has 0 radical (unpaired) electrons. The maximum atomic E-state index is 12.5. The molecule has 19 heteroatoms. The molecule has 0 bridgehead atoms. The molecular weight excluding hydrogens is 804 g/mol. The number of carboxylic acid groups (broad SMARTS) is 1. The Bertz CT molecular complexity index is 1790. The number of anilines is 1. The van der Waals surface area contributed by atoms with E-state index in [1.807, 2.05) is 23.5 Å². The Hall–Kier alpha value is -3.03. The number of terminal acetylenes is 1. The van der Waals surface area contributed by atoms with E-state index >= 15 is 0 Å². The first-order chi connectivity index (χ1) is 25.5. The molecular formula is C35H49Cl3N5O9PS. The van der Waals surface area contributed by atoms with Crippen molar-refractivity contribution < 1.29 is 38.5 Å². The van der Waals surface area contributed by atoms with Crippen LogP contribution in [0.4, 0.5) is 5.69 Å². The summed E-state index contributed by atoms with van der Waals surface area (Å²) in [4.78, 5) is 53.8. The topological polar surface area (TPSA) is 188 Å². The van der Waals surface area contributed by atoms with E-state index in [1.54, 1.807) is 22.6 Å². The molecule has 3 N–H and O–H groups in total. The first-order valence-corrected chi connectivity index (χ1v) is 22.1. The molecule has 54 heavy (non-hydrogen) atoms. The number of halogens is 3. The van der Waals surface area contributed by atoms with Gasteiger partial charge in [0.05, 0.1) is 53.0 Å². The van der Waals surface area contributed by atoms with Gasteiger partial charge in [0.2, 0.25) is 5.91 Å². The van der Waals surface area contributed by atoms with Gasteiger partial charge in [-0.3, -0.25) is 24.4 Å². The van der Waals surface area contributed by atoms with Crippen molar-refractivity contribution in [3.05, 3.63) is 67.8 Å². The van der Waals surface area contributed by atoms with E-state index in [1.165, 1.54) is 10.7 Å². The monoisotopic (exact) mass is 851 g/mol. The van der Waals surface area contributed by atoms with Crippen molar-refractivity contribution in [2.24, 2.45) is 0 Å².